The first kappa shape index (κ1) is 14.4. The predicted molar refractivity (Wildman–Crippen MR) is 75.2 cm³/mol. The van der Waals surface area contributed by atoms with Gasteiger partial charge in [0.1, 0.15) is 5.75 Å². The Morgan fingerprint density at radius 2 is 1.95 bits per heavy atom. The fourth-order valence-electron chi connectivity index (χ4n) is 1.75. The van der Waals surface area contributed by atoms with E-state index in [4.69, 9.17) is 11.6 Å². The molecular formula is C10H13ClN2O4S2. The standard InChI is InChI=1S/C10H13ClN2O4S2/c11-9-7-8(3-4-10(9)14)12-19(16,17)13-18(15)5-1-2-6-18/h3-4,7,12,14H,1-2,5-6H2. The van der Waals surface area contributed by atoms with E-state index in [1.165, 1.54) is 18.2 Å². The Labute approximate surface area is 117 Å². The van der Waals surface area contributed by atoms with Gasteiger partial charge in [0.05, 0.1) is 20.4 Å². The Bertz CT molecular complexity index is 696. The molecule has 0 amide bonds. The summed E-state index contributed by atoms with van der Waals surface area (Å²) in [5.74, 6) is 0.470. The van der Waals surface area contributed by atoms with Crippen molar-refractivity contribution in [1.82, 2.24) is 0 Å². The fraction of sp³-hybridized carbons (Fsp3) is 0.400. The summed E-state index contributed by atoms with van der Waals surface area (Å²) in [7, 11) is -6.70. The van der Waals surface area contributed by atoms with Gasteiger partial charge < -0.3 is 5.11 Å². The quantitative estimate of drug-likeness (QED) is 0.831. The molecule has 1 aromatic rings. The van der Waals surface area contributed by atoms with E-state index in [0.29, 0.717) is 11.5 Å². The third-order valence-electron chi connectivity index (χ3n) is 2.61. The van der Waals surface area contributed by atoms with Gasteiger partial charge in [0, 0.05) is 11.5 Å². The summed E-state index contributed by atoms with van der Waals surface area (Å²) in [5, 5.41) is 9.25. The zero-order valence-electron chi connectivity index (χ0n) is 9.87. The second-order valence-corrected chi connectivity index (χ2v) is 8.73. The molecule has 9 heteroatoms. The van der Waals surface area contributed by atoms with E-state index in [1.54, 1.807) is 0 Å². The molecule has 0 radical (unpaired) electrons. The zero-order valence-corrected chi connectivity index (χ0v) is 12.3. The molecule has 1 aliphatic heterocycles. The lowest BCUT2D eigenvalue weighted by Gasteiger charge is -2.06. The van der Waals surface area contributed by atoms with Gasteiger partial charge in [-0.3, -0.25) is 4.72 Å². The molecule has 6 nitrogen and oxygen atoms in total. The van der Waals surface area contributed by atoms with Gasteiger partial charge in [-0.2, -0.15) is 8.42 Å². The maximum atomic E-state index is 12.1. The highest BCUT2D eigenvalue weighted by Gasteiger charge is 2.21. The molecule has 0 bridgehead atoms. The van der Waals surface area contributed by atoms with Crippen LogP contribution >= 0.6 is 11.6 Å². The van der Waals surface area contributed by atoms with Crippen molar-refractivity contribution in [2.45, 2.75) is 12.8 Å². The average Bonchev–Trinajstić information content (AvgIpc) is 2.68. The minimum absolute atomic E-state index is 0.0188. The summed E-state index contributed by atoms with van der Waals surface area (Å²) < 4.78 is 41.3. The number of phenols is 1. The van der Waals surface area contributed by atoms with Gasteiger partial charge in [-0.25, -0.2) is 4.21 Å². The van der Waals surface area contributed by atoms with Crippen molar-refractivity contribution in [3.05, 3.63) is 23.2 Å². The molecule has 106 valence electrons. The van der Waals surface area contributed by atoms with Crippen LogP contribution in [-0.2, 0) is 19.9 Å². The number of nitrogens with zero attached hydrogens (tertiary/aromatic N) is 1. The third-order valence-corrected chi connectivity index (χ3v) is 7.13. The van der Waals surface area contributed by atoms with Crippen molar-refractivity contribution < 1.29 is 17.7 Å². The van der Waals surface area contributed by atoms with E-state index < -0.39 is 19.9 Å². The molecule has 0 aliphatic carbocycles. The highest BCUT2D eigenvalue weighted by atomic mass is 35.5. The molecule has 0 aromatic heterocycles. The smallest absolute Gasteiger partial charge is 0.350 e. The van der Waals surface area contributed by atoms with Crippen LogP contribution in [0.4, 0.5) is 5.69 Å². The van der Waals surface area contributed by atoms with Crippen LogP contribution in [0.25, 0.3) is 0 Å². The molecule has 1 saturated heterocycles. The van der Waals surface area contributed by atoms with Crippen LogP contribution in [0.3, 0.4) is 0 Å². The first-order valence-electron chi connectivity index (χ1n) is 5.55. The Kier molecular flexibility index (Phi) is 3.93. The van der Waals surface area contributed by atoms with Gasteiger partial charge in [-0.1, -0.05) is 15.4 Å². The van der Waals surface area contributed by atoms with Gasteiger partial charge in [0.15, 0.2) is 0 Å². The van der Waals surface area contributed by atoms with Crippen molar-refractivity contribution in [3.8, 4) is 5.75 Å². The van der Waals surface area contributed by atoms with Crippen molar-refractivity contribution in [3.63, 3.8) is 0 Å². The Balaban J connectivity index is 2.27. The molecule has 1 aliphatic rings. The predicted octanol–water partition coefficient (Wildman–Crippen LogP) is 1.96. The van der Waals surface area contributed by atoms with Gasteiger partial charge in [-0.05, 0) is 31.0 Å². The molecule has 0 atom stereocenters. The van der Waals surface area contributed by atoms with Crippen LogP contribution in [0.2, 0.25) is 5.02 Å². The molecule has 2 rings (SSSR count). The summed E-state index contributed by atoms with van der Waals surface area (Å²) in [5.41, 5.74) is 0.160. The topological polar surface area (TPSA) is 95.8 Å². The largest absolute Gasteiger partial charge is 0.506 e. The highest BCUT2D eigenvalue weighted by molar-refractivity contribution is 8.03. The molecule has 19 heavy (non-hydrogen) atoms. The van der Waals surface area contributed by atoms with Crippen molar-refractivity contribution in [1.29, 1.82) is 0 Å². The normalized spacial score (nSPS) is 18.2. The molecule has 1 heterocycles. The monoisotopic (exact) mass is 324 g/mol. The van der Waals surface area contributed by atoms with E-state index in [0.717, 1.165) is 12.8 Å². The maximum absolute atomic E-state index is 12.1. The van der Waals surface area contributed by atoms with E-state index in [9.17, 15) is 17.7 Å². The van der Waals surface area contributed by atoms with E-state index in [-0.39, 0.29) is 16.5 Å². The minimum atomic E-state index is -4.05. The van der Waals surface area contributed by atoms with E-state index >= 15 is 0 Å². The molecule has 2 N–H and O–H groups in total. The maximum Gasteiger partial charge on any atom is 0.350 e. The molecule has 0 saturated carbocycles. The SMILES string of the molecule is O=S(=O)(N=S1(=O)CCCC1)Nc1ccc(O)c(Cl)c1. The Morgan fingerprint density at radius 3 is 2.53 bits per heavy atom. The van der Waals surface area contributed by atoms with Gasteiger partial charge in [0.2, 0.25) is 0 Å². The second-order valence-electron chi connectivity index (χ2n) is 4.21. The number of benzene rings is 1. The number of aromatic hydroxyl groups is 1. The van der Waals surface area contributed by atoms with Crippen molar-refractivity contribution >= 4 is 37.2 Å². The minimum Gasteiger partial charge on any atom is -0.506 e. The van der Waals surface area contributed by atoms with Crippen LogP contribution in [0.5, 0.6) is 5.75 Å². The van der Waals surface area contributed by atoms with Crippen molar-refractivity contribution in [2.75, 3.05) is 16.2 Å². The molecule has 1 aromatic carbocycles. The summed E-state index contributed by atoms with van der Waals surface area (Å²) in [6.07, 6.45) is 1.45. The number of phenolic OH excluding ortho intramolecular Hbond substituents is 1. The van der Waals surface area contributed by atoms with E-state index in [2.05, 4.69) is 8.49 Å². The van der Waals surface area contributed by atoms with Crippen molar-refractivity contribution in [2.24, 2.45) is 3.77 Å². The lowest BCUT2D eigenvalue weighted by molar-refractivity contribution is 0.475. The zero-order chi connectivity index (χ0) is 14.1. The van der Waals surface area contributed by atoms with Gasteiger partial charge in [-0.15, -0.1) is 0 Å². The van der Waals surface area contributed by atoms with Crippen LogP contribution in [0, 0.1) is 0 Å². The van der Waals surface area contributed by atoms with Crippen LogP contribution in [0.15, 0.2) is 22.0 Å². The molecular weight excluding hydrogens is 312 g/mol. The van der Waals surface area contributed by atoms with Gasteiger partial charge in [0.25, 0.3) is 0 Å². The average molecular weight is 325 g/mol. The Hall–Kier alpha value is -0.990. The highest BCUT2D eigenvalue weighted by Crippen LogP contribution is 2.27. The molecule has 1 fully saturated rings. The lowest BCUT2D eigenvalue weighted by atomic mass is 10.3. The Morgan fingerprint density at radius 1 is 1.32 bits per heavy atom. The summed E-state index contributed by atoms with van der Waals surface area (Å²) in [4.78, 5) is 0. The molecule has 0 spiro atoms. The van der Waals surface area contributed by atoms with Crippen LogP contribution < -0.4 is 4.72 Å². The lowest BCUT2D eigenvalue weighted by Crippen LogP contribution is -2.13. The third kappa shape index (κ3) is 3.74. The van der Waals surface area contributed by atoms with Crippen LogP contribution in [0.1, 0.15) is 12.8 Å². The molecule has 0 unspecified atom stereocenters. The number of halogens is 1. The summed E-state index contributed by atoms with van der Waals surface area (Å²) in [6.45, 7) is 0. The number of nitrogens with one attached hydrogen (secondary N) is 1. The summed E-state index contributed by atoms with van der Waals surface area (Å²) >= 11 is 5.67. The second kappa shape index (κ2) is 5.18. The van der Waals surface area contributed by atoms with Crippen LogP contribution in [-0.4, -0.2) is 29.2 Å². The van der Waals surface area contributed by atoms with E-state index in [1.807, 2.05) is 0 Å². The number of anilines is 1. The fourth-order valence-corrected chi connectivity index (χ4v) is 6.04. The van der Waals surface area contributed by atoms with Gasteiger partial charge >= 0.3 is 10.2 Å². The number of hydrogen-bond acceptors (Lipinski definition) is 4. The number of hydrogen-bond donors (Lipinski definition) is 2. The number of rotatable bonds is 3. The first-order valence-corrected chi connectivity index (χ1v) is 9.22. The first-order chi connectivity index (χ1) is 8.80. The summed E-state index contributed by atoms with van der Waals surface area (Å²) in [6, 6.07) is 3.86.